The highest BCUT2D eigenvalue weighted by Gasteiger charge is 2.30. The number of nitrogens with zero attached hydrogens (tertiary/aromatic N) is 2. The van der Waals surface area contributed by atoms with Gasteiger partial charge in [-0.3, -0.25) is 4.79 Å². The molecule has 1 aliphatic rings. The third kappa shape index (κ3) is 3.65. The fourth-order valence-corrected chi connectivity index (χ4v) is 5.04. The Morgan fingerprint density at radius 2 is 1.73 bits per heavy atom. The summed E-state index contributed by atoms with van der Waals surface area (Å²) in [6.45, 7) is 2.78. The summed E-state index contributed by atoms with van der Waals surface area (Å²) in [6, 6.07) is 8.21. The van der Waals surface area contributed by atoms with Crippen LogP contribution in [-0.2, 0) is 17.1 Å². The van der Waals surface area contributed by atoms with Crippen molar-refractivity contribution in [2.45, 2.75) is 31.1 Å². The fourth-order valence-electron chi connectivity index (χ4n) is 3.12. The average molecular weight is 396 g/mol. The standard InChI is InChI=1S/C18H22ClN3O3S/c1-13-17(26(24,25)22-10-4-3-5-11-22)12-16(21(13)2)18(23)20-15-8-6-14(19)7-9-15/h6-9,12H,3-5,10-11H2,1-2H3,(H,20,23). The van der Waals surface area contributed by atoms with E-state index < -0.39 is 10.0 Å². The summed E-state index contributed by atoms with van der Waals surface area (Å²) in [5.74, 6) is -0.363. The smallest absolute Gasteiger partial charge is 0.272 e. The van der Waals surface area contributed by atoms with Crippen LogP contribution in [0.25, 0.3) is 0 Å². The minimum absolute atomic E-state index is 0.197. The fraction of sp³-hybridized carbons (Fsp3) is 0.389. The summed E-state index contributed by atoms with van der Waals surface area (Å²) in [5.41, 5.74) is 1.45. The van der Waals surface area contributed by atoms with Crippen LogP contribution >= 0.6 is 11.6 Å². The molecule has 0 saturated carbocycles. The van der Waals surface area contributed by atoms with Crippen LogP contribution in [0.3, 0.4) is 0 Å². The van der Waals surface area contributed by atoms with Gasteiger partial charge in [-0.05, 0) is 50.1 Å². The molecule has 0 unspecified atom stereocenters. The summed E-state index contributed by atoms with van der Waals surface area (Å²) >= 11 is 5.85. The van der Waals surface area contributed by atoms with Gasteiger partial charge in [0.2, 0.25) is 10.0 Å². The Morgan fingerprint density at radius 1 is 1.12 bits per heavy atom. The molecule has 0 bridgehead atoms. The van der Waals surface area contributed by atoms with Crippen LogP contribution in [0.1, 0.15) is 35.4 Å². The van der Waals surface area contributed by atoms with E-state index in [1.807, 2.05) is 0 Å². The molecule has 26 heavy (non-hydrogen) atoms. The van der Waals surface area contributed by atoms with Crippen LogP contribution in [0.2, 0.25) is 5.02 Å². The first-order chi connectivity index (χ1) is 12.3. The van der Waals surface area contributed by atoms with Crippen LogP contribution in [0.15, 0.2) is 35.2 Å². The lowest BCUT2D eigenvalue weighted by Gasteiger charge is -2.25. The van der Waals surface area contributed by atoms with Gasteiger partial charge in [-0.25, -0.2) is 8.42 Å². The highest BCUT2D eigenvalue weighted by molar-refractivity contribution is 7.89. The topological polar surface area (TPSA) is 71.4 Å². The number of amides is 1. The maximum atomic E-state index is 13.0. The first kappa shape index (κ1) is 18.9. The SMILES string of the molecule is Cc1c(S(=O)(=O)N2CCCCC2)cc(C(=O)Nc2ccc(Cl)cc2)n1C. The zero-order valence-electron chi connectivity index (χ0n) is 14.8. The van der Waals surface area contributed by atoms with Gasteiger partial charge in [0.05, 0.1) is 0 Å². The van der Waals surface area contributed by atoms with Crippen LogP contribution < -0.4 is 5.32 Å². The summed E-state index contributed by atoms with van der Waals surface area (Å²) < 4.78 is 29.0. The summed E-state index contributed by atoms with van der Waals surface area (Å²) in [4.78, 5) is 12.8. The number of aromatic nitrogens is 1. The molecule has 0 aliphatic carbocycles. The third-order valence-corrected chi connectivity index (χ3v) is 7.02. The van der Waals surface area contributed by atoms with Crippen molar-refractivity contribution >= 4 is 33.2 Å². The Hall–Kier alpha value is -1.83. The van der Waals surface area contributed by atoms with Crippen molar-refractivity contribution in [3.8, 4) is 0 Å². The van der Waals surface area contributed by atoms with E-state index in [2.05, 4.69) is 5.32 Å². The Morgan fingerprint density at radius 3 is 2.35 bits per heavy atom. The van der Waals surface area contributed by atoms with E-state index in [0.29, 0.717) is 35.2 Å². The summed E-state index contributed by atoms with van der Waals surface area (Å²) in [6.07, 6.45) is 2.79. The molecular formula is C18H22ClN3O3S. The minimum atomic E-state index is -3.59. The summed E-state index contributed by atoms with van der Waals surface area (Å²) in [5, 5.41) is 3.35. The third-order valence-electron chi connectivity index (χ3n) is 4.76. The lowest BCUT2D eigenvalue weighted by molar-refractivity contribution is 0.101. The zero-order valence-corrected chi connectivity index (χ0v) is 16.4. The molecule has 2 aromatic rings. The molecule has 3 rings (SSSR count). The number of sulfonamides is 1. The number of piperidine rings is 1. The van der Waals surface area contributed by atoms with Crippen molar-refractivity contribution in [1.29, 1.82) is 0 Å². The van der Waals surface area contributed by atoms with Crippen LogP contribution in [0.5, 0.6) is 0 Å². The Labute approximate surface area is 158 Å². The van der Waals surface area contributed by atoms with E-state index in [-0.39, 0.29) is 10.8 Å². The quantitative estimate of drug-likeness (QED) is 0.862. The number of hydrogen-bond acceptors (Lipinski definition) is 3. The molecule has 1 aliphatic heterocycles. The second kappa shape index (κ2) is 7.42. The minimum Gasteiger partial charge on any atom is -0.343 e. The highest BCUT2D eigenvalue weighted by atomic mass is 35.5. The van der Waals surface area contributed by atoms with Crippen LogP contribution in [0, 0.1) is 6.92 Å². The van der Waals surface area contributed by atoms with E-state index in [0.717, 1.165) is 19.3 Å². The molecule has 0 atom stereocenters. The Balaban J connectivity index is 1.89. The van der Waals surface area contributed by atoms with E-state index in [1.165, 1.54) is 10.4 Å². The number of nitrogens with one attached hydrogen (secondary N) is 1. The molecule has 1 saturated heterocycles. The van der Waals surface area contributed by atoms with Gasteiger partial charge in [-0.15, -0.1) is 0 Å². The van der Waals surface area contributed by atoms with Gasteiger partial charge in [0.1, 0.15) is 10.6 Å². The van der Waals surface area contributed by atoms with Crippen molar-refractivity contribution in [3.05, 3.63) is 46.7 Å². The second-order valence-electron chi connectivity index (χ2n) is 6.46. The molecule has 1 N–H and O–H groups in total. The highest BCUT2D eigenvalue weighted by Crippen LogP contribution is 2.26. The largest absolute Gasteiger partial charge is 0.343 e. The first-order valence-electron chi connectivity index (χ1n) is 8.54. The van der Waals surface area contributed by atoms with Crippen LogP contribution in [-0.4, -0.2) is 36.3 Å². The maximum absolute atomic E-state index is 13.0. The molecule has 140 valence electrons. The van der Waals surface area contributed by atoms with Crippen LogP contribution in [0.4, 0.5) is 5.69 Å². The molecule has 1 amide bonds. The van der Waals surface area contributed by atoms with Gasteiger partial charge in [0.25, 0.3) is 5.91 Å². The van der Waals surface area contributed by atoms with E-state index >= 15 is 0 Å². The van der Waals surface area contributed by atoms with Crippen molar-refractivity contribution in [2.24, 2.45) is 7.05 Å². The van der Waals surface area contributed by atoms with Gasteiger partial charge in [-0.1, -0.05) is 18.0 Å². The molecule has 0 spiro atoms. The number of carbonyl (C=O) groups is 1. The van der Waals surface area contributed by atoms with E-state index in [1.54, 1.807) is 42.8 Å². The molecule has 1 aromatic carbocycles. The first-order valence-corrected chi connectivity index (χ1v) is 10.4. The van der Waals surface area contributed by atoms with Gasteiger partial charge < -0.3 is 9.88 Å². The van der Waals surface area contributed by atoms with Crippen molar-refractivity contribution < 1.29 is 13.2 Å². The molecule has 1 aromatic heterocycles. The number of hydrogen-bond donors (Lipinski definition) is 1. The monoisotopic (exact) mass is 395 g/mol. The predicted octanol–water partition coefficient (Wildman–Crippen LogP) is 3.41. The van der Waals surface area contributed by atoms with Gasteiger partial charge in [0.15, 0.2) is 0 Å². The number of benzene rings is 1. The molecule has 6 nitrogen and oxygen atoms in total. The van der Waals surface area contributed by atoms with Gasteiger partial charge >= 0.3 is 0 Å². The van der Waals surface area contributed by atoms with Crippen molar-refractivity contribution in [1.82, 2.24) is 8.87 Å². The zero-order chi connectivity index (χ0) is 18.9. The number of carbonyl (C=O) groups excluding carboxylic acids is 1. The molecule has 1 fully saturated rings. The number of rotatable bonds is 4. The molecule has 8 heteroatoms. The molecular weight excluding hydrogens is 374 g/mol. The van der Waals surface area contributed by atoms with Gasteiger partial charge in [0, 0.05) is 36.5 Å². The second-order valence-corrected chi connectivity index (χ2v) is 8.81. The van der Waals surface area contributed by atoms with E-state index in [4.69, 9.17) is 11.6 Å². The predicted molar refractivity (Wildman–Crippen MR) is 102 cm³/mol. The van der Waals surface area contributed by atoms with Gasteiger partial charge in [-0.2, -0.15) is 4.31 Å². The van der Waals surface area contributed by atoms with Crippen molar-refractivity contribution in [3.63, 3.8) is 0 Å². The van der Waals surface area contributed by atoms with Crippen molar-refractivity contribution in [2.75, 3.05) is 18.4 Å². The normalized spacial score (nSPS) is 15.8. The lowest BCUT2D eigenvalue weighted by Crippen LogP contribution is -2.35. The van der Waals surface area contributed by atoms with E-state index in [9.17, 15) is 13.2 Å². The number of halogens is 1. The number of anilines is 1. The summed E-state index contributed by atoms with van der Waals surface area (Å²) in [7, 11) is -1.90. The Kier molecular flexibility index (Phi) is 5.41. The average Bonchev–Trinajstić information content (AvgIpc) is 2.94. The lowest BCUT2D eigenvalue weighted by atomic mass is 10.2. The molecule has 0 radical (unpaired) electrons. The molecule has 2 heterocycles. The maximum Gasteiger partial charge on any atom is 0.272 e. The Bertz CT molecular complexity index is 914.